The molecule has 1 unspecified atom stereocenters. The summed E-state index contributed by atoms with van der Waals surface area (Å²) in [5.74, 6) is -2.33. The van der Waals surface area contributed by atoms with Crippen molar-refractivity contribution >= 4 is 33.3 Å². The van der Waals surface area contributed by atoms with Gasteiger partial charge in [0.1, 0.15) is 19.4 Å². The van der Waals surface area contributed by atoms with E-state index in [2.05, 4.69) is 18.2 Å². The third-order valence-electron chi connectivity index (χ3n) is 8.69. The molecule has 0 heterocycles. The van der Waals surface area contributed by atoms with Crippen molar-refractivity contribution in [1.29, 1.82) is 0 Å². The first-order valence-corrected chi connectivity index (χ1v) is 23.3. The van der Waals surface area contributed by atoms with Crippen LogP contribution in [0, 0.1) is 0 Å². The van der Waals surface area contributed by atoms with Gasteiger partial charge in [-0.2, -0.15) is 0 Å². The predicted octanol–water partition coefficient (Wildman–Crippen LogP) is 10.2. The van der Waals surface area contributed by atoms with Gasteiger partial charge in [0.15, 0.2) is 6.10 Å². The van der Waals surface area contributed by atoms with Crippen LogP contribution in [-0.4, -0.2) is 58.1 Å². The van der Waals surface area contributed by atoms with Gasteiger partial charge in [0, 0.05) is 12.8 Å². The average molecular weight is 771 g/mol. The molecule has 0 saturated heterocycles. The molecule has 0 aromatic carbocycles. The zero-order chi connectivity index (χ0) is 38.1. The van der Waals surface area contributed by atoms with Gasteiger partial charge in [0.2, 0.25) is 0 Å². The minimum absolute atomic E-state index is 0.136. The number of carbonyl (C=O) groups excluding carboxylic acids is 3. The van der Waals surface area contributed by atoms with E-state index in [0.29, 0.717) is 12.8 Å². The van der Waals surface area contributed by atoms with Crippen LogP contribution in [0.3, 0.4) is 0 Å². The summed E-state index contributed by atoms with van der Waals surface area (Å²) >= 11 is 0. The van der Waals surface area contributed by atoms with E-state index in [0.717, 1.165) is 38.5 Å². The number of rotatable bonds is 37. The molecule has 3 N–H and O–H groups in total. The maximum absolute atomic E-state index is 12.5. The van der Waals surface area contributed by atoms with Gasteiger partial charge in [-0.15, -0.1) is 0 Å². The van der Waals surface area contributed by atoms with Crippen molar-refractivity contribution in [2.45, 2.75) is 200 Å². The van der Waals surface area contributed by atoms with Crippen molar-refractivity contribution < 1.29 is 56.7 Å². The number of phosphoric acid groups is 1. The maximum Gasteiger partial charge on any atom is 0.476 e. The molecule has 0 aliphatic rings. The molecule has 0 aromatic rings. The molecule has 0 rings (SSSR count). The number of carbonyl (C=O) groups is 3. The van der Waals surface area contributed by atoms with Crippen LogP contribution >= 0.6 is 15.4 Å². The molecule has 0 radical (unpaired) electrons. The van der Waals surface area contributed by atoms with Crippen LogP contribution in [0.25, 0.3) is 0 Å². The van der Waals surface area contributed by atoms with Gasteiger partial charge in [-0.3, -0.25) is 18.9 Å². The summed E-state index contributed by atoms with van der Waals surface area (Å²) < 4.78 is 42.1. The van der Waals surface area contributed by atoms with E-state index in [9.17, 15) is 28.4 Å². The van der Waals surface area contributed by atoms with E-state index in [1.54, 1.807) is 0 Å². The van der Waals surface area contributed by atoms with E-state index in [-0.39, 0.29) is 19.4 Å². The highest BCUT2D eigenvalue weighted by Gasteiger charge is 2.34. The molecule has 0 amide bonds. The van der Waals surface area contributed by atoms with Crippen molar-refractivity contribution in [3.8, 4) is 0 Å². The van der Waals surface area contributed by atoms with Crippen LogP contribution in [0.4, 0.5) is 0 Å². The highest BCUT2D eigenvalue weighted by atomic mass is 31.3. The van der Waals surface area contributed by atoms with E-state index < -0.39 is 52.2 Å². The molecule has 0 spiro atoms. The lowest BCUT2D eigenvalue weighted by atomic mass is 10.0. The van der Waals surface area contributed by atoms with Gasteiger partial charge in [-0.1, -0.05) is 168 Å². The van der Waals surface area contributed by atoms with Crippen molar-refractivity contribution in [1.82, 2.24) is 0 Å². The maximum atomic E-state index is 12.5. The van der Waals surface area contributed by atoms with Crippen LogP contribution in [0.1, 0.15) is 194 Å². The third-order valence-corrected chi connectivity index (χ3v) is 11.2. The molecule has 0 bridgehead atoms. The lowest BCUT2D eigenvalue weighted by Gasteiger charge is -2.19. The third kappa shape index (κ3) is 36.8. The smallest absolute Gasteiger partial charge is 0.462 e. The minimum atomic E-state index is -5.33. The standard InChI is InChI=1S/C37H72O12P2/c1-3-5-7-9-11-13-15-17-19-21-23-25-27-29-35(38)46-31-34(32-47-37(40)33-50(41,42)49-51(43,44)45)48-36(39)30-28-26-24-22-20-18-16-14-12-10-8-6-4-2/h34H,3-33H2,1-2H3,(H,41,42)(H2,43,44,45)/t34-/m1/s1. The Bertz CT molecular complexity index is 971. The molecule has 51 heavy (non-hydrogen) atoms. The van der Waals surface area contributed by atoms with Crippen LogP contribution in [-0.2, 0) is 42.0 Å². The van der Waals surface area contributed by atoms with E-state index in [1.165, 1.54) is 116 Å². The van der Waals surface area contributed by atoms with Crippen molar-refractivity contribution in [2.24, 2.45) is 0 Å². The minimum Gasteiger partial charge on any atom is -0.462 e. The Hall–Kier alpha value is -1.29. The second kappa shape index (κ2) is 33.3. The first-order valence-electron chi connectivity index (χ1n) is 20.0. The van der Waals surface area contributed by atoms with E-state index in [1.807, 2.05) is 0 Å². The number of unbranched alkanes of at least 4 members (excludes halogenated alkanes) is 24. The zero-order valence-electron chi connectivity index (χ0n) is 31.9. The Morgan fingerprint density at radius 2 is 0.784 bits per heavy atom. The fraction of sp³-hybridized carbons (Fsp3) is 0.919. The van der Waals surface area contributed by atoms with Crippen LogP contribution in [0.5, 0.6) is 0 Å². The number of hydrogen-bond acceptors (Lipinski definition) is 9. The molecule has 0 aromatic heterocycles. The van der Waals surface area contributed by atoms with Crippen LogP contribution in [0.15, 0.2) is 0 Å². The van der Waals surface area contributed by atoms with Gasteiger partial charge in [0.05, 0.1) is 0 Å². The molecule has 0 saturated carbocycles. The van der Waals surface area contributed by atoms with Crippen LogP contribution < -0.4 is 0 Å². The summed E-state index contributed by atoms with van der Waals surface area (Å²) in [4.78, 5) is 64.1. The highest BCUT2D eigenvalue weighted by Crippen LogP contribution is 2.56. The molecule has 0 aliphatic carbocycles. The summed E-state index contributed by atoms with van der Waals surface area (Å²) in [7, 11) is -10.3. The Morgan fingerprint density at radius 3 is 1.14 bits per heavy atom. The fourth-order valence-electron chi connectivity index (χ4n) is 5.78. The highest BCUT2D eigenvalue weighted by molar-refractivity contribution is 7.64. The van der Waals surface area contributed by atoms with Gasteiger partial charge >= 0.3 is 33.3 Å². The molecular formula is C37H72O12P2. The number of ether oxygens (including phenoxy) is 3. The molecule has 0 aliphatic heterocycles. The van der Waals surface area contributed by atoms with Gasteiger partial charge in [0.25, 0.3) is 0 Å². The average Bonchev–Trinajstić information content (AvgIpc) is 3.05. The predicted molar refractivity (Wildman–Crippen MR) is 200 cm³/mol. The fourth-order valence-corrected chi connectivity index (χ4v) is 7.76. The molecule has 14 heteroatoms. The van der Waals surface area contributed by atoms with Crippen LogP contribution in [0.2, 0.25) is 0 Å². The first kappa shape index (κ1) is 49.7. The first-order chi connectivity index (χ1) is 24.4. The molecular weight excluding hydrogens is 698 g/mol. The quantitative estimate of drug-likeness (QED) is 0.0235. The summed E-state index contributed by atoms with van der Waals surface area (Å²) in [6.07, 6.45) is 28.4. The Kier molecular flexibility index (Phi) is 32.4. The lowest BCUT2D eigenvalue weighted by Crippen LogP contribution is -2.31. The number of hydrogen-bond donors (Lipinski definition) is 3. The van der Waals surface area contributed by atoms with Crippen molar-refractivity contribution in [3.63, 3.8) is 0 Å². The lowest BCUT2D eigenvalue weighted by molar-refractivity contribution is -0.166. The summed E-state index contributed by atoms with van der Waals surface area (Å²) in [5.41, 5.74) is 0. The normalized spacial score (nSPS) is 13.4. The molecule has 12 nitrogen and oxygen atoms in total. The Labute approximate surface area is 308 Å². The molecule has 0 fully saturated rings. The second-order valence-corrected chi connectivity index (χ2v) is 17.1. The molecule has 2 atom stereocenters. The van der Waals surface area contributed by atoms with Gasteiger partial charge in [-0.05, 0) is 12.8 Å². The second-order valence-electron chi connectivity index (χ2n) is 13.8. The number of esters is 3. The van der Waals surface area contributed by atoms with Gasteiger partial charge in [-0.25, -0.2) is 8.88 Å². The zero-order valence-corrected chi connectivity index (χ0v) is 33.7. The van der Waals surface area contributed by atoms with E-state index >= 15 is 0 Å². The van der Waals surface area contributed by atoms with Crippen molar-refractivity contribution in [2.75, 3.05) is 19.4 Å². The molecule has 302 valence electrons. The van der Waals surface area contributed by atoms with E-state index in [4.69, 9.17) is 24.0 Å². The summed E-state index contributed by atoms with van der Waals surface area (Å²) in [5, 5.41) is 0. The Balaban J connectivity index is 4.45. The monoisotopic (exact) mass is 770 g/mol. The summed E-state index contributed by atoms with van der Waals surface area (Å²) in [6, 6.07) is 0. The SMILES string of the molecule is CCCCCCCCCCCCCCCC(=O)OC[C@H](COC(=O)CP(=O)(O)OP(=O)(O)O)OC(=O)CCCCCCCCCCCCCCC. The van der Waals surface area contributed by atoms with Gasteiger partial charge < -0.3 is 28.9 Å². The van der Waals surface area contributed by atoms with Crippen molar-refractivity contribution in [3.05, 3.63) is 0 Å². The topological polar surface area (TPSA) is 183 Å². The Morgan fingerprint density at radius 1 is 0.471 bits per heavy atom. The largest absolute Gasteiger partial charge is 0.476 e. The summed E-state index contributed by atoms with van der Waals surface area (Å²) in [6.45, 7) is 3.50.